The summed E-state index contributed by atoms with van der Waals surface area (Å²) in [5, 5.41) is 4.75. The van der Waals surface area contributed by atoms with Crippen molar-refractivity contribution in [2.75, 3.05) is 12.4 Å². The van der Waals surface area contributed by atoms with Crippen LogP contribution in [0, 0.1) is 0 Å². The van der Waals surface area contributed by atoms with E-state index in [1.54, 1.807) is 11.5 Å². The molecule has 0 aliphatic heterocycles. The second-order valence-electron chi connectivity index (χ2n) is 4.01. The zero-order valence-electron chi connectivity index (χ0n) is 11.4. The molecule has 1 aromatic carbocycles. The molecule has 4 nitrogen and oxygen atoms in total. The van der Waals surface area contributed by atoms with Gasteiger partial charge in [-0.1, -0.05) is 33.8 Å². The predicted molar refractivity (Wildman–Crippen MR) is 86.7 cm³/mol. The van der Waals surface area contributed by atoms with Crippen LogP contribution in [0.25, 0.3) is 0 Å². The lowest BCUT2D eigenvalue weighted by Crippen LogP contribution is -2.10. The van der Waals surface area contributed by atoms with Crippen LogP contribution in [0.5, 0.6) is 0 Å². The van der Waals surface area contributed by atoms with Crippen LogP contribution >= 0.6 is 27.7 Å². The van der Waals surface area contributed by atoms with Gasteiger partial charge in [0.25, 0.3) is 0 Å². The van der Waals surface area contributed by atoms with Crippen molar-refractivity contribution in [3.8, 4) is 0 Å². The van der Waals surface area contributed by atoms with E-state index in [0.29, 0.717) is 5.17 Å². The number of hydrogen-bond acceptors (Lipinski definition) is 3. The fourth-order valence-electron chi connectivity index (χ4n) is 1.36. The fraction of sp³-hybridized carbons (Fsp3) is 0.231. The van der Waals surface area contributed by atoms with Crippen LogP contribution < -0.4 is 11.1 Å². The molecule has 120 valence electrons. The quantitative estimate of drug-likeness (QED) is 0.598. The van der Waals surface area contributed by atoms with E-state index < -0.39 is 17.6 Å². The molecular weight excluding hydrogens is 383 g/mol. The highest BCUT2D eigenvalue weighted by molar-refractivity contribution is 9.10. The van der Waals surface area contributed by atoms with Gasteiger partial charge in [0, 0.05) is 23.6 Å². The Balaban J connectivity index is 2.80. The van der Waals surface area contributed by atoms with Crippen molar-refractivity contribution in [2.24, 2.45) is 10.7 Å². The summed E-state index contributed by atoms with van der Waals surface area (Å²) in [6.45, 7) is 0. The number of nitrogens with one attached hydrogen (secondary N) is 1. The van der Waals surface area contributed by atoms with Crippen molar-refractivity contribution < 1.29 is 18.0 Å². The highest BCUT2D eigenvalue weighted by Crippen LogP contribution is 2.36. The molecule has 0 heterocycles. The van der Waals surface area contributed by atoms with Gasteiger partial charge in [0.1, 0.15) is 0 Å². The maximum Gasteiger partial charge on any atom is 0.417 e. The Bertz CT molecular complexity index is 603. The molecule has 1 aromatic rings. The highest BCUT2D eigenvalue weighted by Gasteiger charge is 2.33. The van der Waals surface area contributed by atoms with Crippen LogP contribution in [0.2, 0.25) is 0 Å². The third-order valence-electron chi connectivity index (χ3n) is 2.32. The molecule has 0 aliphatic rings. The molecule has 0 radical (unpaired) electrons. The van der Waals surface area contributed by atoms with Crippen molar-refractivity contribution in [3.63, 3.8) is 0 Å². The lowest BCUT2D eigenvalue weighted by atomic mass is 10.2. The van der Waals surface area contributed by atoms with Gasteiger partial charge in [-0.15, -0.1) is 0 Å². The number of amidine groups is 1. The summed E-state index contributed by atoms with van der Waals surface area (Å²) in [4.78, 5) is 14.5. The Kier molecular flexibility index (Phi) is 6.95. The number of aliphatic imine (C=N–C) groups is 1. The molecule has 0 aliphatic carbocycles. The smallest absolute Gasteiger partial charge is 0.369 e. The summed E-state index contributed by atoms with van der Waals surface area (Å²) in [5.41, 5.74) is 4.46. The normalized spacial score (nSPS) is 12.7. The van der Waals surface area contributed by atoms with Gasteiger partial charge in [-0.25, -0.2) is 0 Å². The number of carbonyl (C=O) groups is 1. The zero-order valence-corrected chi connectivity index (χ0v) is 13.8. The molecular formula is C13H13BrF3N3OS. The molecule has 0 bridgehead atoms. The van der Waals surface area contributed by atoms with Gasteiger partial charge in [-0.2, -0.15) is 13.2 Å². The van der Waals surface area contributed by atoms with E-state index >= 15 is 0 Å². The first-order valence-corrected chi connectivity index (χ1v) is 7.62. The first kappa shape index (κ1) is 18.6. The number of thioether (sulfide) groups is 1. The topological polar surface area (TPSA) is 67.5 Å². The molecule has 22 heavy (non-hydrogen) atoms. The zero-order chi connectivity index (χ0) is 16.8. The summed E-state index contributed by atoms with van der Waals surface area (Å²) >= 11 is 4.01. The maximum absolute atomic E-state index is 12.8. The van der Waals surface area contributed by atoms with E-state index in [2.05, 4.69) is 26.2 Å². The van der Waals surface area contributed by atoms with Crippen LogP contribution in [-0.4, -0.2) is 18.1 Å². The van der Waals surface area contributed by atoms with Crippen molar-refractivity contribution in [2.45, 2.75) is 12.6 Å². The second kappa shape index (κ2) is 8.23. The van der Waals surface area contributed by atoms with E-state index in [1.807, 2.05) is 0 Å². The van der Waals surface area contributed by atoms with Crippen LogP contribution in [0.15, 0.2) is 39.1 Å². The standard InChI is InChI=1S/C13H13BrF3N3OS/c1-19-12(22-6-2-3-11(18)21)20-8-4-5-10(14)9(7-8)13(15,16)17/h2,4-7H,3H2,1H3,(H2,18,21)(H,19,20)/b6-2+. The molecule has 0 atom stereocenters. The molecule has 1 rings (SSSR count). The average Bonchev–Trinajstić information content (AvgIpc) is 2.42. The first-order chi connectivity index (χ1) is 10.2. The number of carbonyl (C=O) groups excluding carboxylic acids is 1. The molecule has 0 unspecified atom stereocenters. The van der Waals surface area contributed by atoms with Crippen LogP contribution in [0.3, 0.4) is 0 Å². The number of alkyl halides is 3. The number of nitrogens with zero attached hydrogens (tertiary/aromatic N) is 1. The summed E-state index contributed by atoms with van der Waals surface area (Å²) in [5.74, 6) is -0.470. The summed E-state index contributed by atoms with van der Waals surface area (Å²) in [6, 6.07) is 3.80. The van der Waals surface area contributed by atoms with Gasteiger partial charge in [-0.3, -0.25) is 9.79 Å². The Hall–Kier alpha value is -1.48. The van der Waals surface area contributed by atoms with E-state index in [1.165, 1.54) is 19.2 Å². The maximum atomic E-state index is 12.8. The van der Waals surface area contributed by atoms with E-state index in [0.717, 1.165) is 17.8 Å². The van der Waals surface area contributed by atoms with Crippen LogP contribution in [-0.2, 0) is 11.0 Å². The van der Waals surface area contributed by atoms with Gasteiger partial charge in [-0.05, 0) is 23.6 Å². The minimum atomic E-state index is -4.45. The van der Waals surface area contributed by atoms with Crippen LogP contribution in [0.1, 0.15) is 12.0 Å². The molecule has 0 aromatic heterocycles. The van der Waals surface area contributed by atoms with Gasteiger partial charge >= 0.3 is 6.18 Å². The number of primary amides is 1. The van der Waals surface area contributed by atoms with E-state index in [4.69, 9.17) is 5.73 Å². The lowest BCUT2D eigenvalue weighted by Gasteiger charge is -2.12. The van der Waals surface area contributed by atoms with Crippen molar-refractivity contribution in [3.05, 3.63) is 39.7 Å². The minimum Gasteiger partial charge on any atom is -0.369 e. The van der Waals surface area contributed by atoms with Crippen LogP contribution in [0.4, 0.5) is 18.9 Å². The molecule has 0 spiro atoms. The number of rotatable bonds is 4. The SMILES string of the molecule is CN=C(Nc1ccc(Br)c(C(F)(F)F)c1)S/C=C/CC(N)=O. The molecule has 9 heteroatoms. The third kappa shape index (κ3) is 6.10. The Morgan fingerprint density at radius 3 is 2.73 bits per heavy atom. The summed E-state index contributed by atoms with van der Waals surface area (Å²) in [7, 11) is 1.50. The Morgan fingerprint density at radius 1 is 1.50 bits per heavy atom. The molecule has 3 N–H and O–H groups in total. The minimum absolute atomic E-state index is 0.0328. The number of nitrogens with two attached hydrogens (primary N) is 1. The molecule has 0 saturated carbocycles. The number of benzene rings is 1. The number of halogens is 4. The van der Waals surface area contributed by atoms with Crippen molar-refractivity contribution in [1.29, 1.82) is 0 Å². The first-order valence-electron chi connectivity index (χ1n) is 5.94. The predicted octanol–water partition coefficient (Wildman–Crippen LogP) is 3.99. The van der Waals surface area contributed by atoms with Crippen molar-refractivity contribution >= 4 is 44.5 Å². The highest BCUT2D eigenvalue weighted by atomic mass is 79.9. The van der Waals surface area contributed by atoms with Gasteiger partial charge in [0.05, 0.1) is 5.56 Å². The number of hydrogen-bond donors (Lipinski definition) is 2. The van der Waals surface area contributed by atoms with Crippen molar-refractivity contribution in [1.82, 2.24) is 0 Å². The fourth-order valence-corrected chi connectivity index (χ4v) is 2.43. The van der Waals surface area contributed by atoms with Gasteiger partial charge in [0.15, 0.2) is 5.17 Å². The third-order valence-corrected chi connectivity index (χ3v) is 3.85. The summed E-state index contributed by atoms with van der Waals surface area (Å²) in [6.07, 6.45) is -2.82. The largest absolute Gasteiger partial charge is 0.417 e. The summed E-state index contributed by atoms with van der Waals surface area (Å²) < 4.78 is 38.4. The molecule has 0 saturated heterocycles. The Labute approximate surface area is 138 Å². The van der Waals surface area contributed by atoms with Gasteiger partial charge in [0.2, 0.25) is 5.91 Å². The molecule has 0 fully saturated rings. The number of anilines is 1. The van der Waals surface area contributed by atoms with E-state index in [-0.39, 0.29) is 16.6 Å². The monoisotopic (exact) mass is 395 g/mol. The number of amides is 1. The Morgan fingerprint density at radius 2 is 2.18 bits per heavy atom. The lowest BCUT2D eigenvalue weighted by molar-refractivity contribution is -0.138. The van der Waals surface area contributed by atoms with E-state index in [9.17, 15) is 18.0 Å². The molecule has 1 amide bonds. The average molecular weight is 396 g/mol. The second-order valence-corrected chi connectivity index (χ2v) is 5.76. The van der Waals surface area contributed by atoms with Gasteiger partial charge < -0.3 is 11.1 Å².